The fourth-order valence-electron chi connectivity index (χ4n) is 4.84. The van der Waals surface area contributed by atoms with Gasteiger partial charge in [0.15, 0.2) is 0 Å². The van der Waals surface area contributed by atoms with Gasteiger partial charge in [0.1, 0.15) is 5.82 Å². The van der Waals surface area contributed by atoms with Crippen LogP contribution < -0.4 is 0 Å². The van der Waals surface area contributed by atoms with Crippen LogP contribution in [-0.4, -0.2) is 64.9 Å². The van der Waals surface area contributed by atoms with E-state index in [0.717, 1.165) is 79.5 Å². The van der Waals surface area contributed by atoms with E-state index in [1.54, 1.807) is 6.08 Å². The van der Waals surface area contributed by atoms with Crippen LogP contribution in [0, 0.1) is 0 Å². The second-order valence-electron chi connectivity index (χ2n) is 9.11. The zero-order valence-corrected chi connectivity index (χ0v) is 20.0. The van der Waals surface area contributed by atoms with Gasteiger partial charge < -0.3 is 14.5 Å². The van der Waals surface area contributed by atoms with Gasteiger partial charge in [-0.15, -0.1) is 0 Å². The topological polar surface area (TPSA) is 53.9 Å². The lowest BCUT2D eigenvalue weighted by atomic mass is 10.1. The van der Waals surface area contributed by atoms with E-state index < -0.39 is 0 Å². The highest BCUT2D eigenvalue weighted by Gasteiger charge is 2.23. The Labute approximate surface area is 202 Å². The highest BCUT2D eigenvalue weighted by atomic mass is 16.5. The van der Waals surface area contributed by atoms with Gasteiger partial charge in [0.25, 0.3) is 0 Å². The van der Waals surface area contributed by atoms with Crippen LogP contribution >= 0.6 is 0 Å². The first-order valence-corrected chi connectivity index (χ1v) is 12.3. The molecule has 0 spiro atoms. The van der Waals surface area contributed by atoms with Crippen molar-refractivity contribution in [2.24, 2.45) is 4.99 Å². The first kappa shape index (κ1) is 22.5. The molecule has 0 radical (unpaired) electrons. The summed E-state index contributed by atoms with van der Waals surface area (Å²) < 4.78 is 5.59. The third-order valence-electron chi connectivity index (χ3n) is 6.88. The van der Waals surface area contributed by atoms with E-state index in [9.17, 15) is 0 Å². The lowest BCUT2D eigenvalue weighted by Gasteiger charge is -2.33. The molecular formula is C28H33N5O. The number of rotatable bonds is 6. The molecule has 4 heterocycles. The van der Waals surface area contributed by atoms with Gasteiger partial charge in [-0.1, -0.05) is 24.8 Å². The Bertz CT molecular complexity index is 1170. The van der Waals surface area contributed by atoms with E-state index in [1.165, 1.54) is 18.5 Å². The molecule has 1 aromatic heterocycles. The lowest BCUT2D eigenvalue weighted by Crippen LogP contribution is -2.36. The van der Waals surface area contributed by atoms with Crippen LogP contribution in [0.3, 0.4) is 0 Å². The van der Waals surface area contributed by atoms with Crippen molar-refractivity contribution in [1.82, 2.24) is 19.8 Å². The number of hydrogen-bond donors (Lipinski definition) is 0. The van der Waals surface area contributed by atoms with Crippen molar-refractivity contribution in [1.29, 1.82) is 0 Å². The van der Waals surface area contributed by atoms with Crippen LogP contribution in [0.5, 0.6) is 0 Å². The monoisotopic (exact) mass is 455 g/mol. The van der Waals surface area contributed by atoms with Crippen molar-refractivity contribution >= 4 is 28.9 Å². The fraction of sp³-hybridized carbons (Fsp3) is 0.393. The Morgan fingerprint density at radius 1 is 1.03 bits per heavy atom. The molecule has 0 bridgehead atoms. The average molecular weight is 456 g/mol. The van der Waals surface area contributed by atoms with E-state index >= 15 is 0 Å². The molecule has 0 N–H and O–H groups in total. The molecule has 3 aliphatic rings. The normalized spacial score (nSPS) is 19.7. The zero-order valence-electron chi connectivity index (χ0n) is 20.0. The number of aliphatic imine (C=N–C) groups is 1. The third kappa shape index (κ3) is 4.97. The summed E-state index contributed by atoms with van der Waals surface area (Å²) in [5.41, 5.74) is 5.66. The smallest absolute Gasteiger partial charge is 0.130 e. The van der Waals surface area contributed by atoms with Gasteiger partial charge in [-0.05, 0) is 56.0 Å². The minimum absolute atomic E-state index is 0.450. The summed E-state index contributed by atoms with van der Waals surface area (Å²) >= 11 is 0. The number of allylic oxidation sites excluding steroid dienone is 3. The Kier molecular flexibility index (Phi) is 6.86. The predicted octanol–water partition coefficient (Wildman–Crippen LogP) is 5.06. The minimum atomic E-state index is 0.450. The minimum Gasteiger partial charge on any atom is -0.381 e. The number of likely N-dealkylation sites (tertiary alicyclic amines) is 1. The number of nitrogens with zero attached hydrogens (tertiary/aromatic N) is 5. The van der Waals surface area contributed by atoms with Crippen molar-refractivity contribution in [3.63, 3.8) is 0 Å². The van der Waals surface area contributed by atoms with E-state index in [-0.39, 0.29) is 0 Å². The summed E-state index contributed by atoms with van der Waals surface area (Å²) in [5.74, 6) is 1.02. The molecule has 176 valence electrons. The van der Waals surface area contributed by atoms with E-state index in [1.807, 2.05) is 30.3 Å². The molecule has 0 saturated carbocycles. The van der Waals surface area contributed by atoms with Gasteiger partial charge in [-0.2, -0.15) is 0 Å². The number of benzene rings is 1. The highest BCUT2D eigenvalue weighted by Crippen LogP contribution is 2.25. The van der Waals surface area contributed by atoms with Gasteiger partial charge in [0.2, 0.25) is 0 Å². The molecule has 6 nitrogen and oxygen atoms in total. The first-order chi connectivity index (χ1) is 16.7. The second kappa shape index (κ2) is 10.3. The van der Waals surface area contributed by atoms with Crippen molar-refractivity contribution in [2.75, 3.05) is 33.4 Å². The standard InChI is InChI=1S/C28H33N5O/c1-3-24-27(31-26-9-5-4-8-25(26)30-24)13-11-21-10-12-23(33-16-6-7-17-33)20-28(29-21)32(2)22-14-18-34-19-15-22/h3-5,8-9,11-13,20,22H,1,6-7,10,14-19H2,2H3. The van der Waals surface area contributed by atoms with E-state index in [0.29, 0.717) is 6.04 Å². The van der Waals surface area contributed by atoms with Crippen LogP contribution in [0.15, 0.2) is 65.6 Å². The number of aromatic nitrogens is 2. The number of ether oxygens (including phenoxy) is 1. The molecule has 1 aromatic carbocycles. The Balaban J connectivity index is 1.46. The van der Waals surface area contributed by atoms with Crippen LogP contribution in [-0.2, 0) is 4.74 Å². The van der Waals surface area contributed by atoms with Crippen LogP contribution in [0.4, 0.5) is 0 Å². The fourth-order valence-corrected chi connectivity index (χ4v) is 4.84. The predicted molar refractivity (Wildman–Crippen MR) is 139 cm³/mol. The maximum Gasteiger partial charge on any atom is 0.130 e. The van der Waals surface area contributed by atoms with Crippen molar-refractivity contribution in [3.8, 4) is 0 Å². The SMILES string of the molecule is C=Cc1nc2ccccc2nc1C=CC1=NC(N(C)C2CCOCC2)=CC(N2CCCC2)=CC1. The molecule has 0 amide bonds. The van der Waals surface area contributed by atoms with Gasteiger partial charge in [-0.25, -0.2) is 15.0 Å². The molecule has 3 aliphatic heterocycles. The van der Waals surface area contributed by atoms with Crippen LogP contribution in [0.2, 0.25) is 0 Å². The summed E-state index contributed by atoms with van der Waals surface area (Å²) in [6.07, 6.45) is 15.8. The molecule has 2 saturated heterocycles. The number of para-hydroxylation sites is 2. The highest BCUT2D eigenvalue weighted by molar-refractivity contribution is 6.00. The lowest BCUT2D eigenvalue weighted by molar-refractivity contribution is 0.0523. The van der Waals surface area contributed by atoms with Crippen LogP contribution in [0.1, 0.15) is 43.5 Å². The molecule has 0 aliphatic carbocycles. The average Bonchev–Trinajstić information content (AvgIpc) is 3.34. The molecule has 0 unspecified atom stereocenters. The Morgan fingerprint density at radius 2 is 1.74 bits per heavy atom. The van der Waals surface area contributed by atoms with Gasteiger partial charge in [0.05, 0.1) is 22.4 Å². The summed E-state index contributed by atoms with van der Waals surface area (Å²) in [6, 6.07) is 8.38. The summed E-state index contributed by atoms with van der Waals surface area (Å²) in [5, 5.41) is 0. The molecule has 6 heteroatoms. The van der Waals surface area contributed by atoms with Gasteiger partial charge >= 0.3 is 0 Å². The number of hydrogen-bond acceptors (Lipinski definition) is 6. The summed E-state index contributed by atoms with van der Waals surface area (Å²) in [6.45, 7) is 7.82. The van der Waals surface area contributed by atoms with Crippen molar-refractivity contribution in [3.05, 3.63) is 72.0 Å². The third-order valence-corrected chi connectivity index (χ3v) is 6.88. The first-order valence-electron chi connectivity index (χ1n) is 12.3. The Morgan fingerprint density at radius 3 is 2.44 bits per heavy atom. The van der Waals surface area contributed by atoms with E-state index in [4.69, 9.17) is 19.7 Å². The Hall–Kier alpha value is -3.25. The molecule has 5 rings (SSSR count). The molecule has 2 fully saturated rings. The molecule has 34 heavy (non-hydrogen) atoms. The van der Waals surface area contributed by atoms with Gasteiger partial charge in [0, 0.05) is 63.3 Å². The molecule has 2 aromatic rings. The summed E-state index contributed by atoms with van der Waals surface area (Å²) in [4.78, 5) is 19.5. The number of fused-ring (bicyclic) bond motifs is 1. The largest absolute Gasteiger partial charge is 0.381 e. The summed E-state index contributed by atoms with van der Waals surface area (Å²) in [7, 11) is 2.17. The zero-order chi connectivity index (χ0) is 23.3. The van der Waals surface area contributed by atoms with Crippen molar-refractivity contribution < 1.29 is 4.74 Å². The quantitative estimate of drug-likeness (QED) is 0.609. The van der Waals surface area contributed by atoms with Gasteiger partial charge in [-0.3, -0.25) is 0 Å². The van der Waals surface area contributed by atoms with Crippen molar-refractivity contribution in [2.45, 2.75) is 38.1 Å². The van der Waals surface area contributed by atoms with Crippen LogP contribution in [0.25, 0.3) is 23.2 Å². The maximum atomic E-state index is 5.59. The second-order valence-corrected chi connectivity index (χ2v) is 9.11. The molecular weight excluding hydrogens is 422 g/mol. The van der Waals surface area contributed by atoms with E-state index in [2.05, 4.69) is 41.7 Å². The molecule has 0 atom stereocenters. The maximum absolute atomic E-state index is 5.59.